The molecule has 1 aliphatic heterocycles. The highest BCUT2D eigenvalue weighted by Crippen LogP contribution is 2.32. The van der Waals surface area contributed by atoms with Gasteiger partial charge < -0.3 is 9.47 Å². The first-order valence-corrected chi connectivity index (χ1v) is 8.01. The Balaban J connectivity index is 1.86. The molecule has 2 aromatic carbocycles. The van der Waals surface area contributed by atoms with Crippen LogP contribution in [0.2, 0.25) is 0 Å². The van der Waals surface area contributed by atoms with Crippen molar-refractivity contribution in [2.75, 3.05) is 0 Å². The largest absolute Gasteiger partial charge is 0.419 e. The third kappa shape index (κ3) is 4.19. The first kappa shape index (κ1) is 18.7. The van der Waals surface area contributed by atoms with Gasteiger partial charge in [-0.15, -0.1) is 0 Å². The number of benzene rings is 2. The lowest BCUT2D eigenvalue weighted by atomic mass is 10.0. The highest BCUT2D eigenvalue weighted by molar-refractivity contribution is 6.18. The van der Waals surface area contributed by atoms with E-state index in [4.69, 9.17) is 9.47 Å². The maximum absolute atomic E-state index is 12.8. The minimum Gasteiger partial charge on any atom is -0.419 e. The first-order chi connectivity index (χ1) is 12.5. The molecule has 7 heteroatoms. The second kappa shape index (κ2) is 6.57. The second-order valence-corrected chi connectivity index (χ2v) is 6.44. The minimum absolute atomic E-state index is 0.249. The SMILES string of the molecule is CC1(C)OC(=O)C(=Cc2ccc(-c3cccc(C(F)(F)F)c3)cc2)C(=O)O1. The number of rotatable bonds is 2. The van der Waals surface area contributed by atoms with E-state index in [9.17, 15) is 22.8 Å². The number of cyclic esters (lactones) is 2. The first-order valence-electron chi connectivity index (χ1n) is 8.01. The molecule has 4 nitrogen and oxygen atoms in total. The van der Waals surface area contributed by atoms with Crippen molar-refractivity contribution >= 4 is 18.0 Å². The fourth-order valence-electron chi connectivity index (χ4n) is 2.59. The summed E-state index contributed by atoms with van der Waals surface area (Å²) >= 11 is 0. The van der Waals surface area contributed by atoms with Crippen molar-refractivity contribution in [1.29, 1.82) is 0 Å². The number of hydrogen-bond donors (Lipinski definition) is 0. The number of carbonyl (C=O) groups is 2. The molecule has 1 aliphatic rings. The molecule has 0 radical (unpaired) electrons. The van der Waals surface area contributed by atoms with Crippen LogP contribution in [-0.4, -0.2) is 17.7 Å². The maximum atomic E-state index is 12.8. The van der Waals surface area contributed by atoms with Gasteiger partial charge in [0, 0.05) is 13.8 Å². The molecule has 0 spiro atoms. The summed E-state index contributed by atoms with van der Waals surface area (Å²) < 4.78 is 48.5. The molecular formula is C20H15F3O4. The Bertz CT molecular complexity index is 903. The smallest absolute Gasteiger partial charge is 0.416 e. The zero-order valence-corrected chi connectivity index (χ0v) is 14.5. The van der Waals surface area contributed by atoms with Crippen LogP contribution in [0.25, 0.3) is 17.2 Å². The van der Waals surface area contributed by atoms with Gasteiger partial charge in [-0.1, -0.05) is 36.4 Å². The van der Waals surface area contributed by atoms with E-state index < -0.39 is 29.5 Å². The Morgan fingerprint density at radius 1 is 0.889 bits per heavy atom. The molecule has 0 amide bonds. The van der Waals surface area contributed by atoms with Gasteiger partial charge in [0.05, 0.1) is 5.56 Å². The Morgan fingerprint density at radius 3 is 2.04 bits per heavy atom. The average Bonchev–Trinajstić information content (AvgIpc) is 2.57. The van der Waals surface area contributed by atoms with Crippen LogP contribution >= 0.6 is 0 Å². The molecule has 3 rings (SSSR count). The highest BCUT2D eigenvalue weighted by Gasteiger charge is 2.38. The van der Waals surface area contributed by atoms with Gasteiger partial charge in [-0.3, -0.25) is 0 Å². The predicted octanol–water partition coefficient (Wildman–Crippen LogP) is 4.59. The lowest BCUT2D eigenvalue weighted by Crippen LogP contribution is -2.41. The number of alkyl halides is 3. The van der Waals surface area contributed by atoms with Gasteiger partial charge in [-0.25, -0.2) is 9.59 Å². The van der Waals surface area contributed by atoms with Gasteiger partial charge in [0.25, 0.3) is 5.79 Å². The zero-order valence-electron chi connectivity index (χ0n) is 14.5. The molecule has 0 unspecified atom stereocenters. The third-order valence-corrected chi connectivity index (χ3v) is 3.86. The molecule has 2 aromatic rings. The average molecular weight is 376 g/mol. The molecular weight excluding hydrogens is 361 g/mol. The van der Waals surface area contributed by atoms with E-state index in [2.05, 4.69) is 0 Å². The summed E-state index contributed by atoms with van der Waals surface area (Å²) in [5.41, 5.74) is 0.498. The van der Waals surface area contributed by atoms with Crippen LogP contribution in [0.3, 0.4) is 0 Å². The van der Waals surface area contributed by atoms with Crippen molar-refractivity contribution in [2.24, 2.45) is 0 Å². The van der Waals surface area contributed by atoms with Crippen LogP contribution in [-0.2, 0) is 25.2 Å². The van der Waals surface area contributed by atoms with E-state index in [0.29, 0.717) is 16.7 Å². The number of carbonyl (C=O) groups excluding carboxylic acids is 2. The van der Waals surface area contributed by atoms with E-state index >= 15 is 0 Å². The maximum Gasteiger partial charge on any atom is 0.416 e. The Morgan fingerprint density at radius 2 is 1.48 bits per heavy atom. The predicted molar refractivity (Wildman–Crippen MR) is 91.1 cm³/mol. The van der Waals surface area contributed by atoms with Crippen LogP contribution < -0.4 is 0 Å². The summed E-state index contributed by atoms with van der Waals surface area (Å²) in [6.45, 7) is 2.90. The van der Waals surface area contributed by atoms with E-state index in [1.54, 1.807) is 30.3 Å². The van der Waals surface area contributed by atoms with Gasteiger partial charge in [0.15, 0.2) is 0 Å². The normalized spacial score (nSPS) is 16.6. The molecule has 1 saturated heterocycles. The second-order valence-electron chi connectivity index (χ2n) is 6.44. The van der Waals surface area contributed by atoms with Crippen molar-refractivity contribution in [1.82, 2.24) is 0 Å². The van der Waals surface area contributed by atoms with Crippen molar-refractivity contribution in [2.45, 2.75) is 25.8 Å². The van der Waals surface area contributed by atoms with Crippen LogP contribution in [0, 0.1) is 0 Å². The molecule has 0 bridgehead atoms. The van der Waals surface area contributed by atoms with Crippen molar-refractivity contribution in [3.63, 3.8) is 0 Å². The topological polar surface area (TPSA) is 52.6 Å². The van der Waals surface area contributed by atoms with Crippen molar-refractivity contribution < 1.29 is 32.2 Å². The van der Waals surface area contributed by atoms with E-state index in [1.165, 1.54) is 26.0 Å². The fraction of sp³-hybridized carbons (Fsp3) is 0.200. The molecule has 0 aromatic heterocycles. The number of ether oxygens (including phenoxy) is 2. The van der Waals surface area contributed by atoms with Gasteiger partial charge in [0.1, 0.15) is 5.57 Å². The molecule has 140 valence electrons. The van der Waals surface area contributed by atoms with E-state index in [0.717, 1.165) is 12.1 Å². The van der Waals surface area contributed by atoms with Crippen molar-refractivity contribution in [3.8, 4) is 11.1 Å². The number of halogens is 3. The van der Waals surface area contributed by atoms with Crippen LogP contribution in [0.5, 0.6) is 0 Å². The Labute approximate surface area is 153 Å². The van der Waals surface area contributed by atoms with Gasteiger partial charge in [-0.05, 0) is 34.9 Å². The molecule has 0 atom stereocenters. The molecule has 27 heavy (non-hydrogen) atoms. The molecule has 0 N–H and O–H groups in total. The molecule has 1 fully saturated rings. The van der Waals surface area contributed by atoms with Gasteiger partial charge in [-0.2, -0.15) is 13.2 Å². The minimum atomic E-state index is -4.42. The van der Waals surface area contributed by atoms with Gasteiger partial charge in [0.2, 0.25) is 0 Å². The number of esters is 2. The summed E-state index contributed by atoms with van der Waals surface area (Å²) in [5.74, 6) is -2.91. The van der Waals surface area contributed by atoms with Crippen LogP contribution in [0.1, 0.15) is 25.0 Å². The molecule has 1 heterocycles. The Kier molecular flexibility index (Phi) is 4.55. The summed E-state index contributed by atoms with van der Waals surface area (Å²) in [4.78, 5) is 23.9. The van der Waals surface area contributed by atoms with Crippen LogP contribution in [0.4, 0.5) is 13.2 Å². The molecule has 0 saturated carbocycles. The van der Waals surface area contributed by atoms with E-state index in [-0.39, 0.29) is 5.57 Å². The van der Waals surface area contributed by atoms with Crippen molar-refractivity contribution in [3.05, 3.63) is 65.2 Å². The summed E-state index contributed by atoms with van der Waals surface area (Å²) in [5, 5.41) is 0. The highest BCUT2D eigenvalue weighted by atomic mass is 19.4. The summed E-state index contributed by atoms with van der Waals surface area (Å²) in [7, 11) is 0. The monoisotopic (exact) mass is 376 g/mol. The van der Waals surface area contributed by atoms with Crippen LogP contribution in [0.15, 0.2) is 54.1 Å². The fourth-order valence-corrected chi connectivity index (χ4v) is 2.59. The lowest BCUT2D eigenvalue weighted by molar-refractivity contribution is -0.222. The zero-order chi connectivity index (χ0) is 19.8. The molecule has 0 aliphatic carbocycles. The quantitative estimate of drug-likeness (QED) is 0.437. The number of hydrogen-bond acceptors (Lipinski definition) is 4. The van der Waals surface area contributed by atoms with E-state index in [1.807, 2.05) is 0 Å². The standard InChI is InChI=1S/C20H15F3O4/c1-19(2)26-17(24)16(18(25)27-19)10-12-6-8-13(9-7-12)14-4-3-5-15(11-14)20(21,22)23/h3-11H,1-2H3. The lowest BCUT2D eigenvalue weighted by Gasteiger charge is -2.29. The summed E-state index contributed by atoms with van der Waals surface area (Å²) in [6.07, 6.45) is -3.11. The summed E-state index contributed by atoms with van der Waals surface area (Å²) in [6, 6.07) is 11.3. The van der Waals surface area contributed by atoms with Gasteiger partial charge >= 0.3 is 18.1 Å². The Hall–Kier alpha value is -3.09. The third-order valence-electron chi connectivity index (χ3n) is 3.86.